The van der Waals surface area contributed by atoms with Crippen molar-refractivity contribution in [3.8, 4) is 0 Å². The lowest BCUT2D eigenvalue weighted by molar-refractivity contribution is -0.185. The number of likely N-dealkylation sites (N-methyl/N-ethyl adjacent to an activating group) is 2. The summed E-state index contributed by atoms with van der Waals surface area (Å²) >= 11 is 0. The number of rotatable bonds is 6. The second kappa shape index (κ2) is 9.70. The van der Waals surface area contributed by atoms with Gasteiger partial charge in [0.25, 0.3) is 0 Å². The number of carbonyl (C=O) groups is 1. The quantitative estimate of drug-likeness (QED) is 0.457. The summed E-state index contributed by atoms with van der Waals surface area (Å²) in [7, 11) is 1.28. The molecule has 0 amide bonds. The van der Waals surface area contributed by atoms with Gasteiger partial charge < -0.3 is 9.63 Å². The molecule has 6 heteroatoms. The van der Waals surface area contributed by atoms with Crippen molar-refractivity contribution < 1.29 is 14.4 Å². The van der Waals surface area contributed by atoms with Crippen LogP contribution in [0.2, 0.25) is 0 Å². The Hall–Kier alpha value is -1.26. The molecule has 0 radical (unpaired) electrons. The van der Waals surface area contributed by atoms with Gasteiger partial charge >= 0.3 is 5.97 Å². The second-order valence-electron chi connectivity index (χ2n) is 10.2. The van der Waals surface area contributed by atoms with E-state index in [1.807, 2.05) is 58.9 Å². The summed E-state index contributed by atoms with van der Waals surface area (Å²) in [5.74, 6) is 1.75. The molecular formula is C25H39N2O3P. The minimum atomic E-state index is -2.74. The smallest absolute Gasteiger partial charge is 0.306 e. The molecule has 1 aliphatic carbocycles. The van der Waals surface area contributed by atoms with Gasteiger partial charge in [-0.3, -0.25) is 4.79 Å². The molecule has 5 nitrogen and oxygen atoms in total. The topological polar surface area (TPSA) is 55.8 Å². The van der Waals surface area contributed by atoms with E-state index in [9.17, 15) is 9.69 Å². The van der Waals surface area contributed by atoms with E-state index in [1.165, 1.54) is 12.8 Å². The van der Waals surface area contributed by atoms with Crippen molar-refractivity contribution >= 4 is 13.8 Å². The molecule has 0 bridgehead atoms. The Kier molecular flexibility index (Phi) is 7.63. The molecule has 1 saturated heterocycles. The van der Waals surface area contributed by atoms with Crippen LogP contribution in [0.4, 0.5) is 0 Å². The monoisotopic (exact) mass is 446 g/mol. The molecule has 0 unspecified atom stereocenters. The maximum absolute atomic E-state index is 14.0. The summed E-state index contributed by atoms with van der Waals surface area (Å²) in [6, 6.07) is 10.8. The van der Waals surface area contributed by atoms with Crippen LogP contribution in [0.5, 0.6) is 0 Å². The highest BCUT2D eigenvalue weighted by Crippen LogP contribution is 2.66. The van der Waals surface area contributed by atoms with E-state index in [2.05, 4.69) is 34.5 Å². The first-order valence-corrected chi connectivity index (χ1v) is 13.2. The second-order valence-corrected chi connectivity index (χ2v) is 12.9. The molecule has 31 heavy (non-hydrogen) atoms. The van der Waals surface area contributed by atoms with Crippen molar-refractivity contribution in [2.75, 3.05) is 14.1 Å². The van der Waals surface area contributed by atoms with Gasteiger partial charge in [0.05, 0.1) is 24.3 Å². The number of nitrogens with zero attached hydrogens (tertiary/aromatic N) is 2. The number of allylic oxidation sites excluding steroid dienone is 1. The van der Waals surface area contributed by atoms with Gasteiger partial charge in [-0.1, -0.05) is 50.1 Å². The number of benzene rings is 1. The lowest BCUT2D eigenvalue weighted by atomic mass is 9.84. The fourth-order valence-electron chi connectivity index (χ4n) is 5.07. The summed E-state index contributed by atoms with van der Waals surface area (Å²) in [6.07, 6.45) is 7.02. The van der Waals surface area contributed by atoms with Gasteiger partial charge in [0.1, 0.15) is 13.4 Å². The van der Waals surface area contributed by atoms with Crippen LogP contribution < -0.4 is 4.89 Å². The summed E-state index contributed by atoms with van der Waals surface area (Å²) in [5, 5.41) is 0. The standard InChI is InChI=1S/C25H39N2O3P/c1-19(16-17-31(29)26(5)22-14-10-11-15-23(22)27(31)6)21(20-12-8-7-9-13-20)18-24(28)30-25(2,3)4/h7-9,12-13,16-17,19,21-23H,10-11,14-15,18H2,1-6H3/b17-16+/t19-,21+,22+,23+/m0/s1. The number of hydrogen-bond acceptors (Lipinski definition) is 5. The Morgan fingerprint density at radius 3 is 2.23 bits per heavy atom. The summed E-state index contributed by atoms with van der Waals surface area (Å²) in [4.78, 5) is 26.6. The van der Waals surface area contributed by atoms with E-state index >= 15 is 0 Å². The summed E-state index contributed by atoms with van der Waals surface area (Å²) in [6.45, 7) is 7.78. The third-order valence-electron chi connectivity index (χ3n) is 6.81. The lowest BCUT2D eigenvalue weighted by Crippen LogP contribution is -2.37. The molecule has 1 aromatic rings. The van der Waals surface area contributed by atoms with Crippen LogP contribution in [-0.2, 0) is 9.53 Å². The molecule has 0 aromatic heterocycles. The Labute approximate surface area is 189 Å². The molecule has 172 valence electrons. The van der Waals surface area contributed by atoms with Crippen molar-refractivity contribution in [2.45, 2.75) is 83.4 Å². The van der Waals surface area contributed by atoms with Crippen molar-refractivity contribution in [2.24, 2.45) is 5.92 Å². The largest absolute Gasteiger partial charge is 0.647 e. The molecule has 2 fully saturated rings. The lowest BCUT2D eigenvalue weighted by Gasteiger charge is -2.35. The molecule has 1 heterocycles. The zero-order valence-electron chi connectivity index (χ0n) is 20.0. The first-order valence-electron chi connectivity index (χ1n) is 11.6. The summed E-state index contributed by atoms with van der Waals surface area (Å²) < 4.78 is 9.83. The number of fused-ring (bicyclic) bond motifs is 1. The van der Waals surface area contributed by atoms with Crippen LogP contribution in [0.15, 0.2) is 42.2 Å². The van der Waals surface area contributed by atoms with Crippen molar-refractivity contribution in [3.63, 3.8) is 0 Å². The van der Waals surface area contributed by atoms with Gasteiger partial charge in [-0.25, -0.2) is 0 Å². The van der Waals surface area contributed by atoms with Crippen LogP contribution in [-0.4, -0.2) is 47.1 Å². The van der Waals surface area contributed by atoms with E-state index in [1.54, 1.807) is 0 Å². The molecule has 0 N–H and O–H groups in total. The highest BCUT2D eigenvalue weighted by atomic mass is 31.2. The van der Waals surface area contributed by atoms with E-state index in [0.717, 1.165) is 18.4 Å². The Bertz CT molecular complexity index is 759. The van der Waals surface area contributed by atoms with Gasteiger partial charge in [-0.15, -0.1) is 0 Å². The minimum absolute atomic E-state index is 0.0283. The molecular weight excluding hydrogens is 407 g/mol. The van der Waals surface area contributed by atoms with E-state index < -0.39 is 13.4 Å². The third-order valence-corrected chi connectivity index (χ3v) is 9.77. The Morgan fingerprint density at radius 2 is 1.71 bits per heavy atom. The van der Waals surface area contributed by atoms with Crippen LogP contribution in [0, 0.1) is 5.92 Å². The van der Waals surface area contributed by atoms with Crippen molar-refractivity contribution in [1.82, 2.24) is 9.34 Å². The van der Waals surface area contributed by atoms with Gasteiger partial charge in [0, 0.05) is 20.0 Å². The molecule has 1 aliphatic heterocycles. The van der Waals surface area contributed by atoms with Gasteiger partial charge in [0.2, 0.25) is 0 Å². The van der Waals surface area contributed by atoms with Crippen molar-refractivity contribution in [3.05, 3.63) is 47.8 Å². The molecule has 2 aliphatic rings. The summed E-state index contributed by atoms with van der Waals surface area (Å²) in [5.41, 5.74) is 0.596. The fraction of sp³-hybridized carbons (Fsp3) is 0.640. The molecule has 1 saturated carbocycles. The molecule has 4 atom stereocenters. The highest BCUT2D eigenvalue weighted by molar-refractivity contribution is 7.67. The van der Waals surface area contributed by atoms with Crippen LogP contribution in [0.25, 0.3) is 0 Å². The van der Waals surface area contributed by atoms with E-state index in [-0.39, 0.29) is 17.8 Å². The average molecular weight is 447 g/mol. The van der Waals surface area contributed by atoms with Crippen LogP contribution in [0.1, 0.15) is 71.3 Å². The van der Waals surface area contributed by atoms with Gasteiger partial charge in [0.15, 0.2) is 0 Å². The SMILES string of the molecule is C[C@@H](/C=C/[P+]1([O-])N(C)[C@@H]2CCCC[C@H]2N1C)[C@@H](CC(=O)OC(C)(C)C)c1ccccc1. The number of ether oxygens (including phenoxy) is 1. The van der Waals surface area contributed by atoms with Crippen molar-refractivity contribution in [1.29, 1.82) is 0 Å². The first kappa shape index (κ1) is 24.4. The predicted octanol–water partition coefficient (Wildman–Crippen LogP) is 4.96. The number of esters is 1. The molecule has 0 spiro atoms. The normalized spacial score (nSPS) is 26.5. The zero-order valence-corrected chi connectivity index (χ0v) is 20.8. The zero-order chi connectivity index (χ0) is 22.8. The fourth-order valence-corrected chi connectivity index (χ4v) is 7.82. The maximum Gasteiger partial charge on any atom is 0.306 e. The maximum atomic E-state index is 14.0. The van der Waals surface area contributed by atoms with E-state index in [4.69, 9.17) is 4.74 Å². The predicted molar refractivity (Wildman–Crippen MR) is 126 cm³/mol. The first-order chi connectivity index (χ1) is 14.5. The number of hydrogen-bond donors (Lipinski definition) is 0. The molecule has 1 aromatic carbocycles. The van der Waals surface area contributed by atoms with Gasteiger partial charge in [-0.05, 0) is 51.2 Å². The Balaban J connectivity index is 1.80. The highest BCUT2D eigenvalue weighted by Gasteiger charge is 2.54. The average Bonchev–Trinajstić information content (AvgIpc) is 2.91. The van der Waals surface area contributed by atoms with Crippen LogP contribution in [0.3, 0.4) is 0 Å². The number of carbonyl (C=O) groups excluding carboxylic acids is 1. The third kappa shape index (κ3) is 5.57. The van der Waals surface area contributed by atoms with E-state index in [0.29, 0.717) is 18.5 Å². The van der Waals surface area contributed by atoms with Gasteiger partial charge in [-0.2, -0.15) is 9.34 Å². The minimum Gasteiger partial charge on any atom is -0.647 e. The molecule has 3 rings (SSSR count). The van der Waals surface area contributed by atoms with Crippen LogP contribution >= 0.6 is 7.79 Å². The Morgan fingerprint density at radius 1 is 1.16 bits per heavy atom.